The summed E-state index contributed by atoms with van der Waals surface area (Å²) in [6.07, 6.45) is 2.77. The van der Waals surface area contributed by atoms with E-state index in [2.05, 4.69) is 15.8 Å². The van der Waals surface area contributed by atoms with E-state index >= 15 is 0 Å². The predicted molar refractivity (Wildman–Crippen MR) is 61.5 cm³/mol. The Morgan fingerprint density at radius 2 is 2.31 bits per heavy atom. The second-order valence-electron chi connectivity index (χ2n) is 3.82. The maximum Gasteiger partial charge on any atom is 0.269 e. The Morgan fingerprint density at radius 1 is 1.56 bits per heavy atom. The van der Waals surface area contributed by atoms with Crippen LogP contribution in [0.15, 0.2) is 24.4 Å². The highest BCUT2D eigenvalue weighted by Gasteiger charge is 2.28. The molecule has 1 rings (SSSR count). The maximum absolute atomic E-state index is 11.6. The van der Waals surface area contributed by atoms with E-state index in [9.17, 15) is 9.90 Å². The van der Waals surface area contributed by atoms with Crippen molar-refractivity contribution in [1.82, 2.24) is 10.4 Å². The number of hydrazine groups is 1. The van der Waals surface area contributed by atoms with Gasteiger partial charge in [0.05, 0.1) is 0 Å². The number of carbonyl (C=O) groups is 1. The van der Waals surface area contributed by atoms with Crippen LogP contribution in [-0.4, -0.2) is 21.6 Å². The topological polar surface area (TPSA) is 74.2 Å². The summed E-state index contributed by atoms with van der Waals surface area (Å²) in [5.74, 6) is 0.0724. The molecule has 88 valence electrons. The van der Waals surface area contributed by atoms with E-state index in [-0.39, 0.29) is 0 Å². The zero-order valence-corrected chi connectivity index (χ0v) is 9.53. The molecule has 1 heterocycles. The van der Waals surface area contributed by atoms with Crippen molar-refractivity contribution in [2.75, 3.05) is 5.43 Å². The first-order chi connectivity index (χ1) is 7.56. The zero-order valence-electron chi connectivity index (χ0n) is 9.53. The average molecular weight is 223 g/mol. The lowest BCUT2D eigenvalue weighted by atomic mass is 10.0. The summed E-state index contributed by atoms with van der Waals surface area (Å²) in [6.45, 7) is 3.40. The number of hydrogen-bond acceptors (Lipinski definition) is 4. The molecule has 0 aliphatic rings. The van der Waals surface area contributed by atoms with E-state index in [0.717, 1.165) is 6.42 Å². The van der Waals surface area contributed by atoms with Crippen molar-refractivity contribution < 1.29 is 9.90 Å². The molecule has 0 saturated heterocycles. The van der Waals surface area contributed by atoms with Gasteiger partial charge in [0.15, 0.2) is 0 Å². The lowest BCUT2D eigenvalue weighted by Gasteiger charge is -2.21. The van der Waals surface area contributed by atoms with Crippen LogP contribution in [-0.2, 0) is 4.79 Å². The van der Waals surface area contributed by atoms with Gasteiger partial charge in [0.1, 0.15) is 11.4 Å². The van der Waals surface area contributed by atoms with Crippen molar-refractivity contribution in [1.29, 1.82) is 0 Å². The number of anilines is 1. The van der Waals surface area contributed by atoms with Crippen LogP contribution >= 0.6 is 0 Å². The molecule has 1 aromatic rings. The molecule has 5 nitrogen and oxygen atoms in total. The van der Waals surface area contributed by atoms with Crippen LogP contribution in [0.3, 0.4) is 0 Å². The predicted octanol–water partition coefficient (Wildman–Crippen LogP) is 1.08. The van der Waals surface area contributed by atoms with Gasteiger partial charge in [-0.05, 0) is 25.5 Å². The Hall–Kier alpha value is -1.62. The second-order valence-corrected chi connectivity index (χ2v) is 3.82. The number of aromatic nitrogens is 1. The van der Waals surface area contributed by atoms with Crippen LogP contribution in [0.1, 0.15) is 26.7 Å². The van der Waals surface area contributed by atoms with Crippen molar-refractivity contribution in [3.05, 3.63) is 24.4 Å². The summed E-state index contributed by atoms with van der Waals surface area (Å²) in [5, 5.41) is 9.79. The molecule has 16 heavy (non-hydrogen) atoms. The Labute approximate surface area is 94.9 Å². The van der Waals surface area contributed by atoms with Crippen molar-refractivity contribution in [2.45, 2.75) is 32.3 Å². The molecule has 1 amide bonds. The maximum atomic E-state index is 11.6. The molecule has 0 fully saturated rings. The minimum absolute atomic E-state index is 0.419. The Balaban J connectivity index is 2.47. The van der Waals surface area contributed by atoms with Crippen LogP contribution < -0.4 is 10.9 Å². The monoisotopic (exact) mass is 223 g/mol. The van der Waals surface area contributed by atoms with Crippen LogP contribution in [0.5, 0.6) is 0 Å². The molecular weight excluding hydrogens is 206 g/mol. The molecular formula is C11H17N3O2. The first-order valence-electron chi connectivity index (χ1n) is 5.26. The number of nitrogens with zero attached hydrogens (tertiary/aromatic N) is 1. The number of nitrogens with one attached hydrogen (secondary N) is 2. The van der Waals surface area contributed by atoms with Crippen LogP contribution in [0.25, 0.3) is 0 Å². The van der Waals surface area contributed by atoms with E-state index in [0.29, 0.717) is 12.2 Å². The lowest BCUT2D eigenvalue weighted by molar-refractivity contribution is -0.138. The molecule has 1 atom stereocenters. The fourth-order valence-corrected chi connectivity index (χ4v) is 1.29. The van der Waals surface area contributed by atoms with Crippen molar-refractivity contribution >= 4 is 11.7 Å². The summed E-state index contributed by atoms with van der Waals surface area (Å²) >= 11 is 0. The van der Waals surface area contributed by atoms with E-state index in [4.69, 9.17) is 0 Å². The molecule has 0 aliphatic heterocycles. The van der Waals surface area contributed by atoms with Gasteiger partial charge < -0.3 is 5.11 Å². The van der Waals surface area contributed by atoms with Gasteiger partial charge >= 0.3 is 0 Å². The second kappa shape index (κ2) is 5.46. The van der Waals surface area contributed by atoms with Gasteiger partial charge in [-0.15, -0.1) is 0 Å². The minimum Gasteiger partial charge on any atom is -0.380 e. The first-order valence-corrected chi connectivity index (χ1v) is 5.26. The van der Waals surface area contributed by atoms with Crippen LogP contribution in [0.4, 0.5) is 5.82 Å². The molecule has 0 radical (unpaired) electrons. The molecule has 0 aromatic carbocycles. The largest absolute Gasteiger partial charge is 0.380 e. The number of aliphatic hydroxyl groups is 1. The van der Waals surface area contributed by atoms with Gasteiger partial charge in [0.25, 0.3) is 5.91 Å². The van der Waals surface area contributed by atoms with Gasteiger partial charge in [-0.3, -0.25) is 15.6 Å². The highest BCUT2D eigenvalue weighted by molar-refractivity contribution is 5.85. The third-order valence-corrected chi connectivity index (χ3v) is 2.19. The highest BCUT2D eigenvalue weighted by atomic mass is 16.3. The quantitative estimate of drug-likeness (QED) is 0.653. The third kappa shape index (κ3) is 3.51. The number of pyridine rings is 1. The van der Waals surface area contributed by atoms with E-state index in [1.807, 2.05) is 6.92 Å². The molecule has 5 heteroatoms. The zero-order chi connectivity index (χ0) is 12.0. The van der Waals surface area contributed by atoms with Gasteiger partial charge in [0.2, 0.25) is 0 Å². The standard InChI is InChI=1S/C11H17N3O2/c1-3-7-11(2,16)10(15)14-13-9-6-4-5-8-12-9/h4-6,8,16H,3,7H2,1-2H3,(H,12,13)(H,14,15). The smallest absolute Gasteiger partial charge is 0.269 e. The normalized spacial score (nSPS) is 13.9. The highest BCUT2D eigenvalue weighted by Crippen LogP contribution is 2.11. The Kier molecular flexibility index (Phi) is 4.25. The third-order valence-electron chi connectivity index (χ3n) is 2.19. The lowest BCUT2D eigenvalue weighted by Crippen LogP contribution is -2.46. The van der Waals surface area contributed by atoms with Crippen LogP contribution in [0.2, 0.25) is 0 Å². The number of amides is 1. The number of rotatable bonds is 5. The summed E-state index contributed by atoms with van der Waals surface area (Å²) in [5.41, 5.74) is 3.71. The molecule has 0 bridgehead atoms. The molecule has 1 aromatic heterocycles. The van der Waals surface area contributed by atoms with Crippen molar-refractivity contribution in [3.63, 3.8) is 0 Å². The molecule has 0 saturated carbocycles. The molecule has 0 spiro atoms. The summed E-state index contributed by atoms with van der Waals surface area (Å²) < 4.78 is 0. The first kappa shape index (κ1) is 12.4. The summed E-state index contributed by atoms with van der Waals surface area (Å²) in [7, 11) is 0. The van der Waals surface area contributed by atoms with E-state index in [1.54, 1.807) is 24.4 Å². The Bertz CT molecular complexity index is 338. The van der Waals surface area contributed by atoms with Gasteiger partial charge in [-0.25, -0.2) is 4.98 Å². The molecule has 3 N–H and O–H groups in total. The van der Waals surface area contributed by atoms with Gasteiger partial charge in [-0.2, -0.15) is 0 Å². The molecule has 1 unspecified atom stereocenters. The number of hydrogen-bond donors (Lipinski definition) is 3. The molecule has 0 aliphatic carbocycles. The van der Waals surface area contributed by atoms with E-state index < -0.39 is 11.5 Å². The average Bonchev–Trinajstić information content (AvgIpc) is 2.27. The SMILES string of the molecule is CCCC(C)(O)C(=O)NNc1ccccn1. The Morgan fingerprint density at radius 3 is 2.88 bits per heavy atom. The van der Waals surface area contributed by atoms with Gasteiger partial charge in [0, 0.05) is 6.20 Å². The van der Waals surface area contributed by atoms with E-state index in [1.165, 1.54) is 6.92 Å². The van der Waals surface area contributed by atoms with Crippen molar-refractivity contribution in [3.8, 4) is 0 Å². The minimum atomic E-state index is -1.35. The number of carbonyl (C=O) groups excluding carboxylic acids is 1. The fourth-order valence-electron chi connectivity index (χ4n) is 1.29. The fraction of sp³-hybridized carbons (Fsp3) is 0.455. The summed E-state index contributed by atoms with van der Waals surface area (Å²) in [6, 6.07) is 5.29. The summed E-state index contributed by atoms with van der Waals surface area (Å²) in [4.78, 5) is 15.5. The van der Waals surface area contributed by atoms with Gasteiger partial charge in [-0.1, -0.05) is 19.4 Å². The van der Waals surface area contributed by atoms with Crippen LogP contribution in [0, 0.1) is 0 Å². The van der Waals surface area contributed by atoms with Crippen molar-refractivity contribution in [2.24, 2.45) is 0 Å².